The van der Waals surface area contributed by atoms with Gasteiger partial charge in [-0.25, -0.2) is 0 Å². The summed E-state index contributed by atoms with van der Waals surface area (Å²) in [5, 5.41) is 24.4. The van der Waals surface area contributed by atoms with Gasteiger partial charge in [-0.05, 0) is 6.42 Å². The lowest BCUT2D eigenvalue weighted by Crippen LogP contribution is -2.34. The Bertz CT molecular complexity index is 345. The fraction of sp³-hybridized carbons (Fsp3) is 0.556. The van der Waals surface area contributed by atoms with Crippen LogP contribution in [0.3, 0.4) is 0 Å². The summed E-state index contributed by atoms with van der Waals surface area (Å²) in [6, 6.07) is -2.22. The fourth-order valence-electron chi connectivity index (χ4n) is 0.707. The molecule has 2 atom stereocenters. The normalized spacial score (nSPS) is 12.5. The number of rotatable bonds is 7. The van der Waals surface area contributed by atoms with Crippen molar-refractivity contribution in [3.05, 3.63) is 0 Å². The molecular formula is C9H17N3O7. The molecule has 0 rings (SSSR count). The molecule has 0 spiro atoms. The molecule has 0 aromatic carbocycles. The number of carbonyl (C=O) groups excluding carboxylic acids is 1. The first-order valence-corrected chi connectivity index (χ1v) is 5.04. The molecule has 110 valence electrons. The maximum absolute atomic E-state index is 9.99. The number of amides is 1. The number of aliphatic carboxylic acids is 3. The van der Waals surface area contributed by atoms with Crippen LogP contribution >= 0.6 is 0 Å². The molecule has 10 heteroatoms. The highest BCUT2D eigenvalue weighted by molar-refractivity contribution is 5.83. The van der Waals surface area contributed by atoms with E-state index in [1.165, 1.54) is 0 Å². The molecule has 0 aromatic heterocycles. The van der Waals surface area contributed by atoms with E-state index in [1.807, 2.05) is 0 Å². The van der Waals surface area contributed by atoms with Gasteiger partial charge in [0.1, 0.15) is 12.1 Å². The standard InChI is InChI=1S/C5H9NO4.C4H8N2O3/c6-3(5(9)10)1-2-4(7)8;5-2(4(8)9)1-3(6)7/h3H,1-2,6H2,(H,7,8)(H,9,10);2H,1,5H2,(H2,6,7)(H,8,9). The van der Waals surface area contributed by atoms with Gasteiger partial charge in [0.2, 0.25) is 5.91 Å². The van der Waals surface area contributed by atoms with Gasteiger partial charge in [0, 0.05) is 6.42 Å². The Morgan fingerprint density at radius 2 is 1.32 bits per heavy atom. The van der Waals surface area contributed by atoms with E-state index in [2.05, 4.69) is 5.73 Å². The van der Waals surface area contributed by atoms with Crippen molar-refractivity contribution in [2.24, 2.45) is 17.2 Å². The van der Waals surface area contributed by atoms with Crippen LogP contribution in [0.5, 0.6) is 0 Å². The van der Waals surface area contributed by atoms with E-state index >= 15 is 0 Å². The quantitative estimate of drug-likeness (QED) is 0.291. The summed E-state index contributed by atoms with van der Waals surface area (Å²) >= 11 is 0. The first kappa shape index (κ1) is 19.1. The fourth-order valence-corrected chi connectivity index (χ4v) is 0.707. The van der Waals surface area contributed by atoms with Crippen LogP contribution in [0.4, 0.5) is 0 Å². The van der Waals surface area contributed by atoms with Crippen LogP contribution in [0.25, 0.3) is 0 Å². The average molecular weight is 279 g/mol. The number of nitrogens with two attached hydrogens (primary N) is 3. The summed E-state index contributed by atoms with van der Waals surface area (Å²) in [4.78, 5) is 39.8. The van der Waals surface area contributed by atoms with E-state index in [0.717, 1.165) is 0 Å². The van der Waals surface area contributed by atoms with Gasteiger partial charge in [-0.2, -0.15) is 0 Å². The van der Waals surface area contributed by atoms with Gasteiger partial charge in [-0.15, -0.1) is 0 Å². The van der Waals surface area contributed by atoms with Crippen molar-refractivity contribution in [2.75, 3.05) is 0 Å². The van der Waals surface area contributed by atoms with Gasteiger partial charge < -0.3 is 32.5 Å². The van der Waals surface area contributed by atoms with Crippen molar-refractivity contribution in [1.29, 1.82) is 0 Å². The SMILES string of the molecule is NC(=O)CC(N)C(=O)O.NC(CCC(=O)O)C(=O)O. The summed E-state index contributed by atoms with van der Waals surface area (Å²) in [5.41, 5.74) is 14.6. The number of primary amides is 1. The molecule has 0 heterocycles. The maximum Gasteiger partial charge on any atom is 0.321 e. The Labute approximate surface area is 108 Å². The Morgan fingerprint density at radius 1 is 0.895 bits per heavy atom. The third-order valence-electron chi connectivity index (χ3n) is 1.72. The number of hydrogen-bond acceptors (Lipinski definition) is 6. The first-order chi connectivity index (χ1) is 8.57. The van der Waals surface area contributed by atoms with Gasteiger partial charge in [-0.3, -0.25) is 19.2 Å². The molecule has 0 saturated carbocycles. The summed E-state index contributed by atoms with van der Waals surface area (Å²) in [6.45, 7) is 0. The molecule has 19 heavy (non-hydrogen) atoms. The molecule has 0 fully saturated rings. The van der Waals surface area contributed by atoms with Crippen molar-refractivity contribution in [1.82, 2.24) is 0 Å². The zero-order valence-electron chi connectivity index (χ0n) is 9.98. The molecule has 0 bridgehead atoms. The predicted molar refractivity (Wildman–Crippen MR) is 61.9 cm³/mol. The minimum absolute atomic E-state index is 0.0231. The van der Waals surface area contributed by atoms with Crippen LogP contribution in [0.2, 0.25) is 0 Å². The molecule has 0 aliphatic heterocycles. The molecule has 1 amide bonds. The van der Waals surface area contributed by atoms with E-state index in [9.17, 15) is 19.2 Å². The Morgan fingerprint density at radius 3 is 1.53 bits per heavy atom. The summed E-state index contributed by atoms with van der Waals surface area (Å²) in [5.74, 6) is -4.11. The molecular weight excluding hydrogens is 262 g/mol. The Kier molecular flexibility index (Phi) is 9.87. The highest BCUT2D eigenvalue weighted by Crippen LogP contribution is 1.93. The zero-order chi connectivity index (χ0) is 15.6. The summed E-state index contributed by atoms with van der Waals surface area (Å²) in [7, 11) is 0. The van der Waals surface area contributed by atoms with E-state index in [0.29, 0.717) is 0 Å². The summed E-state index contributed by atoms with van der Waals surface area (Å²) < 4.78 is 0. The van der Waals surface area contributed by atoms with E-state index in [4.69, 9.17) is 26.8 Å². The maximum atomic E-state index is 9.99. The van der Waals surface area contributed by atoms with Gasteiger partial charge in [0.15, 0.2) is 0 Å². The molecule has 10 nitrogen and oxygen atoms in total. The molecule has 2 unspecified atom stereocenters. The molecule has 0 aliphatic rings. The van der Waals surface area contributed by atoms with Gasteiger partial charge in [0.05, 0.1) is 6.42 Å². The van der Waals surface area contributed by atoms with Crippen molar-refractivity contribution in [3.8, 4) is 0 Å². The van der Waals surface area contributed by atoms with Crippen molar-refractivity contribution < 1.29 is 34.5 Å². The lowest BCUT2D eigenvalue weighted by atomic mass is 10.2. The van der Waals surface area contributed by atoms with Crippen molar-refractivity contribution in [2.45, 2.75) is 31.3 Å². The number of carboxylic acids is 3. The van der Waals surface area contributed by atoms with Crippen LogP contribution in [0, 0.1) is 0 Å². The number of carboxylic acid groups (broad SMARTS) is 3. The van der Waals surface area contributed by atoms with Crippen LogP contribution in [-0.4, -0.2) is 51.2 Å². The second-order valence-corrected chi connectivity index (χ2v) is 3.49. The lowest BCUT2D eigenvalue weighted by Gasteiger charge is -2.01. The van der Waals surface area contributed by atoms with Gasteiger partial charge in [-0.1, -0.05) is 0 Å². The van der Waals surface area contributed by atoms with E-state index < -0.39 is 35.9 Å². The second-order valence-electron chi connectivity index (χ2n) is 3.49. The van der Waals surface area contributed by atoms with Gasteiger partial charge >= 0.3 is 17.9 Å². The van der Waals surface area contributed by atoms with E-state index in [-0.39, 0.29) is 19.3 Å². The third kappa shape index (κ3) is 13.7. The molecule has 0 radical (unpaired) electrons. The Hall–Kier alpha value is -2.20. The minimum Gasteiger partial charge on any atom is -0.481 e. The van der Waals surface area contributed by atoms with Crippen LogP contribution < -0.4 is 17.2 Å². The first-order valence-electron chi connectivity index (χ1n) is 5.04. The average Bonchev–Trinajstić information content (AvgIpc) is 2.25. The minimum atomic E-state index is -1.21. The smallest absolute Gasteiger partial charge is 0.321 e. The van der Waals surface area contributed by atoms with Crippen LogP contribution in [0.1, 0.15) is 19.3 Å². The second kappa shape index (κ2) is 9.79. The number of carbonyl (C=O) groups is 4. The predicted octanol–water partition coefficient (Wildman–Crippen LogP) is -2.46. The van der Waals surface area contributed by atoms with Crippen LogP contribution in [0.15, 0.2) is 0 Å². The monoisotopic (exact) mass is 279 g/mol. The Balaban J connectivity index is 0. The highest BCUT2D eigenvalue weighted by Gasteiger charge is 2.13. The third-order valence-corrected chi connectivity index (χ3v) is 1.72. The molecule has 0 aromatic rings. The zero-order valence-corrected chi connectivity index (χ0v) is 9.98. The van der Waals surface area contributed by atoms with Gasteiger partial charge in [0.25, 0.3) is 0 Å². The van der Waals surface area contributed by atoms with Crippen molar-refractivity contribution >= 4 is 23.8 Å². The molecule has 0 saturated heterocycles. The van der Waals surface area contributed by atoms with Crippen LogP contribution in [-0.2, 0) is 19.2 Å². The largest absolute Gasteiger partial charge is 0.481 e. The molecule has 9 N–H and O–H groups in total. The topological polar surface area (TPSA) is 207 Å². The number of hydrogen-bond donors (Lipinski definition) is 6. The van der Waals surface area contributed by atoms with Crippen molar-refractivity contribution in [3.63, 3.8) is 0 Å². The highest BCUT2D eigenvalue weighted by atomic mass is 16.4. The lowest BCUT2D eigenvalue weighted by molar-refractivity contribution is -0.141. The summed E-state index contributed by atoms with van der Waals surface area (Å²) in [6.07, 6.45) is -0.534. The molecule has 0 aliphatic carbocycles. The van der Waals surface area contributed by atoms with E-state index in [1.54, 1.807) is 0 Å².